The van der Waals surface area contributed by atoms with Crippen LogP contribution in [-0.2, 0) is 6.42 Å². The number of rotatable bonds is 5. The van der Waals surface area contributed by atoms with Crippen molar-refractivity contribution >= 4 is 5.52 Å². The molecule has 0 saturated heterocycles. The Morgan fingerprint density at radius 3 is 2.42 bits per heavy atom. The summed E-state index contributed by atoms with van der Waals surface area (Å²) in [5.41, 5.74) is 11.6. The number of hydrogen-bond acceptors (Lipinski definition) is 3. The standard InChI is InChI=1S/C21H19FN4/c22-18-6-4-17(5-7-18)21-20(16-9-12-24-13-10-16)19-8-3-15(2-1-11-23)14-26(19)25-21/h3-10,12-14H,1-2,11,23H2. The molecule has 4 aromatic rings. The average molecular weight is 346 g/mol. The number of hydrogen-bond donors (Lipinski definition) is 1. The molecule has 4 rings (SSSR count). The fraction of sp³-hybridized carbons (Fsp3) is 0.143. The Hall–Kier alpha value is -3.05. The Kier molecular flexibility index (Phi) is 4.46. The van der Waals surface area contributed by atoms with Crippen molar-refractivity contribution < 1.29 is 4.39 Å². The topological polar surface area (TPSA) is 56.2 Å². The lowest BCUT2D eigenvalue weighted by Crippen LogP contribution is -2.01. The lowest BCUT2D eigenvalue weighted by atomic mass is 10.0. The van der Waals surface area contributed by atoms with E-state index in [1.165, 1.54) is 17.7 Å². The van der Waals surface area contributed by atoms with Crippen molar-refractivity contribution in [2.45, 2.75) is 12.8 Å². The fourth-order valence-electron chi connectivity index (χ4n) is 3.16. The van der Waals surface area contributed by atoms with E-state index in [4.69, 9.17) is 10.8 Å². The summed E-state index contributed by atoms with van der Waals surface area (Å²) in [5, 5.41) is 4.80. The first-order valence-electron chi connectivity index (χ1n) is 8.64. The molecule has 2 N–H and O–H groups in total. The molecule has 0 atom stereocenters. The molecule has 0 aliphatic rings. The van der Waals surface area contributed by atoms with Crippen molar-refractivity contribution in [1.29, 1.82) is 0 Å². The fourth-order valence-corrected chi connectivity index (χ4v) is 3.16. The van der Waals surface area contributed by atoms with Gasteiger partial charge in [-0.05, 0) is 73.0 Å². The van der Waals surface area contributed by atoms with Crippen molar-refractivity contribution in [3.8, 4) is 22.4 Å². The second-order valence-electron chi connectivity index (χ2n) is 6.23. The van der Waals surface area contributed by atoms with Crippen LogP contribution in [0.3, 0.4) is 0 Å². The van der Waals surface area contributed by atoms with E-state index >= 15 is 0 Å². The van der Waals surface area contributed by atoms with E-state index in [-0.39, 0.29) is 5.82 Å². The van der Waals surface area contributed by atoms with Crippen LogP contribution >= 0.6 is 0 Å². The number of pyridine rings is 2. The summed E-state index contributed by atoms with van der Waals surface area (Å²) in [6.45, 7) is 0.667. The van der Waals surface area contributed by atoms with Crippen molar-refractivity contribution in [2.24, 2.45) is 5.73 Å². The zero-order chi connectivity index (χ0) is 17.9. The van der Waals surface area contributed by atoms with Gasteiger partial charge in [0.2, 0.25) is 0 Å². The van der Waals surface area contributed by atoms with Crippen LogP contribution < -0.4 is 5.73 Å². The third kappa shape index (κ3) is 3.09. The number of fused-ring (bicyclic) bond motifs is 1. The molecule has 0 spiro atoms. The highest BCUT2D eigenvalue weighted by Gasteiger charge is 2.16. The molecule has 0 saturated carbocycles. The summed E-state index contributed by atoms with van der Waals surface area (Å²) < 4.78 is 15.3. The van der Waals surface area contributed by atoms with E-state index in [9.17, 15) is 4.39 Å². The normalized spacial score (nSPS) is 11.2. The van der Waals surface area contributed by atoms with Gasteiger partial charge < -0.3 is 5.73 Å². The van der Waals surface area contributed by atoms with Crippen LogP contribution in [0.1, 0.15) is 12.0 Å². The van der Waals surface area contributed by atoms with Crippen LogP contribution in [0.4, 0.5) is 4.39 Å². The number of aromatic nitrogens is 3. The largest absolute Gasteiger partial charge is 0.330 e. The van der Waals surface area contributed by atoms with Crippen molar-refractivity contribution in [3.05, 3.63) is 78.5 Å². The number of nitrogens with two attached hydrogens (primary N) is 1. The third-order valence-corrected chi connectivity index (χ3v) is 4.45. The molecule has 130 valence electrons. The maximum atomic E-state index is 13.4. The predicted molar refractivity (Wildman–Crippen MR) is 101 cm³/mol. The van der Waals surface area contributed by atoms with Gasteiger partial charge in [-0.2, -0.15) is 5.10 Å². The zero-order valence-electron chi connectivity index (χ0n) is 14.3. The smallest absolute Gasteiger partial charge is 0.123 e. The maximum absolute atomic E-state index is 13.4. The van der Waals surface area contributed by atoms with Crippen LogP contribution in [0.15, 0.2) is 67.1 Å². The first-order valence-corrected chi connectivity index (χ1v) is 8.64. The van der Waals surface area contributed by atoms with E-state index < -0.39 is 0 Å². The third-order valence-electron chi connectivity index (χ3n) is 4.45. The molecule has 0 amide bonds. The molecule has 0 fully saturated rings. The molecule has 0 unspecified atom stereocenters. The lowest BCUT2D eigenvalue weighted by molar-refractivity contribution is 0.628. The highest BCUT2D eigenvalue weighted by atomic mass is 19.1. The molecule has 5 heteroatoms. The molecular formula is C21H19FN4. The molecular weight excluding hydrogens is 327 g/mol. The maximum Gasteiger partial charge on any atom is 0.123 e. The Bertz CT molecular complexity index is 1020. The number of halogens is 1. The van der Waals surface area contributed by atoms with Crippen LogP contribution in [0, 0.1) is 5.82 Å². The first-order chi connectivity index (χ1) is 12.8. The lowest BCUT2D eigenvalue weighted by Gasteiger charge is -2.04. The van der Waals surface area contributed by atoms with Gasteiger partial charge >= 0.3 is 0 Å². The summed E-state index contributed by atoms with van der Waals surface area (Å²) >= 11 is 0. The summed E-state index contributed by atoms with van der Waals surface area (Å²) in [4.78, 5) is 4.11. The van der Waals surface area contributed by atoms with Gasteiger partial charge in [0.05, 0.1) is 5.52 Å². The molecule has 0 aliphatic heterocycles. The van der Waals surface area contributed by atoms with Crippen LogP contribution in [0.5, 0.6) is 0 Å². The first kappa shape index (κ1) is 16.4. The van der Waals surface area contributed by atoms with Gasteiger partial charge in [0.15, 0.2) is 0 Å². The molecule has 4 nitrogen and oxygen atoms in total. The highest BCUT2D eigenvalue weighted by Crippen LogP contribution is 2.35. The van der Waals surface area contributed by atoms with Gasteiger partial charge in [-0.1, -0.05) is 6.07 Å². The molecule has 3 heterocycles. The van der Waals surface area contributed by atoms with E-state index in [0.29, 0.717) is 6.54 Å². The van der Waals surface area contributed by atoms with Gasteiger partial charge in [0.25, 0.3) is 0 Å². The summed E-state index contributed by atoms with van der Waals surface area (Å²) in [5.74, 6) is -0.257. The van der Waals surface area contributed by atoms with Crippen LogP contribution in [0.2, 0.25) is 0 Å². The predicted octanol–water partition coefficient (Wildman–Crippen LogP) is 4.09. The SMILES string of the molecule is NCCCc1ccc2c(-c3ccncc3)c(-c3ccc(F)cc3)nn2c1. The van der Waals surface area contributed by atoms with E-state index in [1.807, 2.05) is 22.8 Å². The van der Waals surface area contributed by atoms with Crippen LogP contribution in [0.25, 0.3) is 27.9 Å². The minimum absolute atomic E-state index is 0.257. The summed E-state index contributed by atoms with van der Waals surface area (Å²) in [6, 6.07) is 14.6. The second kappa shape index (κ2) is 7.06. The Balaban J connectivity index is 1.92. The summed E-state index contributed by atoms with van der Waals surface area (Å²) in [6.07, 6.45) is 7.44. The van der Waals surface area contributed by atoms with E-state index in [0.717, 1.165) is 40.7 Å². The Morgan fingerprint density at radius 1 is 0.923 bits per heavy atom. The highest BCUT2D eigenvalue weighted by molar-refractivity contribution is 5.92. The zero-order valence-corrected chi connectivity index (χ0v) is 14.3. The molecule has 0 bridgehead atoms. The van der Waals surface area contributed by atoms with E-state index in [2.05, 4.69) is 17.1 Å². The molecule has 0 aliphatic carbocycles. The second-order valence-corrected chi connectivity index (χ2v) is 6.23. The van der Waals surface area contributed by atoms with Gasteiger partial charge in [-0.3, -0.25) is 4.98 Å². The molecule has 1 aromatic carbocycles. The monoisotopic (exact) mass is 346 g/mol. The molecule has 26 heavy (non-hydrogen) atoms. The number of aryl methyl sites for hydroxylation is 1. The van der Waals surface area contributed by atoms with Gasteiger partial charge in [0.1, 0.15) is 11.5 Å². The van der Waals surface area contributed by atoms with Gasteiger partial charge in [-0.25, -0.2) is 8.91 Å². The Labute approximate surface area is 151 Å². The number of benzene rings is 1. The van der Waals surface area contributed by atoms with E-state index in [1.54, 1.807) is 24.5 Å². The molecule has 0 radical (unpaired) electrons. The van der Waals surface area contributed by atoms with Crippen LogP contribution in [-0.4, -0.2) is 21.1 Å². The molecule has 3 aromatic heterocycles. The minimum Gasteiger partial charge on any atom is -0.330 e. The van der Waals surface area contributed by atoms with Crippen molar-refractivity contribution in [3.63, 3.8) is 0 Å². The Morgan fingerprint density at radius 2 is 1.69 bits per heavy atom. The van der Waals surface area contributed by atoms with Crippen molar-refractivity contribution in [2.75, 3.05) is 6.54 Å². The summed E-state index contributed by atoms with van der Waals surface area (Å²) in [7, 11) is 0. The average Bonchev–Trinajstić information content (AvgIpc) is 3.06. The minimum atomic E-state index is -0.257. The number of nitrogens with zero attached hydrogens (tertiary/aromatic N) is 3. The van der Waals surface area contributed by atoms with Gasteiger partial charge in [-0.15, -0.1) is 0 Å². The quantitative estimate of drug-likeness (QED) is 0.592. The van der Waals surface area contributed by atoms with Crippen molar-refractivity contribution in [1.82, 2.24) is 14.6 Å². The van der Waals surface area contributed by atoms with Gasteiger partial charge in [0, 0.05) is 29.7 Å².